The molecular weight excluding hydrogens is 330 g/mol. The van der Waals surface area contributed by atoms with E-state index in [4.69, 9.17) is 9.47 Å². The molecule has 0 aliphatic heterocycles. The molecule has 0 aromatic heterocycles. The fourth-order valence-corrected chi connectivity index (χ4v) is 2.97. The van der Waals surface area contributed by atoms with Crippen molar-refractivity contribution in [1.82, 2.24) is 5.32 Å². The number of hydrogen-bond donors (Lipinski definition) is 1. The van der Waals surface area contributed by atoms with Crippen molar-refractivity contribution in [2.45, 2.75) is 26.2 Å². The first kappa shape index (κ1) is 20.3. The van der Waals surface area contributed by atoms with Gasteiger partial charge < -0.3 is 14.8 Å². The van der Waals surface area contributed by atoms with Gasteiger partial charge in [-0.25, -0.2) is 8.42 Å². The van der Waals surface area contributed by atoms with Crippen LogP contribution in [-0.2, 0) is 14.6 Å². The van der Waals surface area contributed by atoms with E-state index < -0.39 is 9.84 Å². The van der Waals surface area contributed by atoms with Gasteiger partial charge in [-0.15, -0.1) is 0 Å². The Labute approximate surface area is 144 Å². The summed E-state index contributed by atoms with van der Waals surface area (Å²) in [6.45, 7) is 4.59. The molecule has 1 aromatic rings. The standard InChI is InChI=1S/C17H27NO5S/c1-12(2)14(11-18-17(19)8-9-24(5,20)21)13-6-7-15(22-3)16(10-13)23-4/h6-7,10,12,14H,8-9,11H2,1-5H3,(H,18,19). The molecule has 1 rings (SSSR count). The third kappa shape index (κ3) is 6.39. The lowest BCUT2D eigenvalue weighted by Gasteiger charge is -2.23. The number of rotatable bonds is 9. The first-order chi connectivity index (χ1) is 11.2. The maximum atomic E-state index is 11.9. The summed E-state index contributed by atoms with van der Waals surface area (Å²) in [5.74, 6) is 1.28. The zero-order chi connectivity index (χ0) is 18.3. The third-order valence-electron chi connectivity index (χ3n) is 3.86. The summed E-state index contributed by atoms with van der Waals surface area (Å²) in [7, 11) is 0.0309. The van der Waals surface area contributed by atoms with Gasteiger partial charge in [0.2, 0.25) is 5.91 Å². The molecule has 0 saturated heterocycles. The van der Waals surface area contributed by atoms with Crippen LogP contribution in [0, 0.1) is 5.92 Å². The van der Waals surface area contributed by atoms with Crippen molar-refractivity contribution in [3.05, 3.63) is 23.8 Å². The molecule has 1 atom stereocenters. The first-order valence-corrected chi connectivity index (χ1v) is 9.90. The summed E-state index contributed by atoms with van der Waals surface area (Å²) in [5.41, 5.74) is 1.03. The average Bonchev–Trinajstić information content (AvgIpc) is 2.51. The lowest BCUT2D eigenvalue weighted by Crippen LogP contribution is -2.31. The molecular formula is C17H27NO5S. The number of methoxy groups -OCH3 is 2. The summed E-state index contributed by atoms with van der Waals surface area (Å²) >= 11 is 0. The number of ether oxygens (including phenoxy) is 2. The van der Waals surface area contributed by atoms with Gasteiger partial charge in [0.1, 0.15) is 9.84 Å². The Morgan fingerprint density at radius 2 is 1.79 bits per heavy atom. The minimum Gasteiger partial charge on any atom is -0.493 e. The van der Waals surface area contributed by atoms with Gasteiger partial charge in [0.25, 0.3) is 0 Å². The lowest BCUT2D eigenvalue weighted by atomic mass is 9.88. The smallest absolute Gasteiger partial charge is 0.221 e. The van der Waals surface area contributed by atoms with Crippen LogP contribution in [0.2, 0.25) is 0 Å². The lowest BCUT2D eigenvalue weighted by molar-refractivity contribution is -0.120. The van der Waals surface area contributed by atoms with Gasteiger partial charge in [-0.1, -0.05) is 19.9 Å². The van der Waals surface area contributed by atoms with E-state index >= 15 is 0 Å². The van der Waals surface area contributed by atoms with Crippen LogP contribution >= 0.6 is 0 Å². The van der Waals surface area contributed by atoms with Crippen molar-refractivity contribution in [1.29, 1.82) is 0 Å². The molecule has 0 spiro atoms. The van der Waals surface area contributed by atoms with E-state index in [0.717, 1.165) is 11.8 Å². The average molecular weight is 357 g/mol. The zero-order valence-corrected chi connectivity index (χ0v) is 15.8. The minimum atomic E-state index is -3.13. The van der Waals surface area contributed by atoms with Gasteiger partial charge in [-0.3, -0.25) is 4.79 Å². The van der Waals surface area contributed by atoms with Crippen LogP contribution in [0.4, 0.5) is 0 Å². The Morgan fingerprint density at radius 3 is 2.29 bits per heavy atom. The number of amides is 1. The molecule has 1 unspecified atom stereocenters. The van der Waals surface area contributed by atoms with E-state index in [9.17, 15) is 13.2 Å². The van der Waals surface area contributed by atoms with Crippen molar-refractivity contribution in [3.8, 4) is 11.5 Å². The highest BCUT2D eigenvalue weighted by Gasteiger charge is 2.19. The van der Waals surface area contributed by atoms with Crippen LogP contribution in [0.1, 0.15) is 31.7 Å². The molecule has 0 saturated carbocycles. The minimum absolute atomic E-state index is 0.0183. The molecule has 0 aliphatic rings. The fourth-order valence-electron chi connectivity index (χ4n) is 2.41. The summed E-state index contributed by atoms with van der Waals surface area (Å²) in [6, 6.07) is 5.70. The van der Waals surface area contributed by atoms with E-state index in [-0.39, 0.29) is 24.0 Å². The van der Waals surface area contributed by atoms with Crippen molar-refractivity contribution < 1.29 is 22.7 Å². The van der Waals surface area contributed by atoms with Gasteiger partial charge in [-0.2, -0.15) is 0 Å². The number of hydrogen-bond acceptors (Lipinski definition) is 5. The maximum Gasteiger partial charge on any atom is 0.221 e. The Hall–Kier alpha value is -1.76. The normalized spacial score (nSPS) is 12.8. The van der Waals surface area contributed by atoms with Crippen LogP contribution in [0.25, 0.3) is 0 Å². The molecule has 7 heteroatoms. The van der Waals surface area contributed by atoms with Crippen LogP contribution < -0.4 is 14.8 Å². The van der Waals surface area contributed by atoms with E-state index in [1.54, 1.807) is 14.2 Å². The van der Waals surface area contributed by atoms with Gasteiger partial charge in [0.05, 0.1) is 20.0 Å². The largest absolute Gasteiger partial charge is 0.493 e. The number of carbonyl (C=O) groups is 1. The van der Waals surface area contributed by atoms with E-state index in [1.165, 1.54) is 0 Å². The number of benzene rings is 1. The zero-order valence-electron chi connectivity index (χ0n) is 15.0. The van der Waals surface area contributed by atoms with Gasteiger partial charge in [-0.05, 0) is 23.6 Å². The molecule has 24 heavy (non-hydrogen) atoms. The molecule has 0 aliphatic carbocycles. The Bertz CT molecular complexity index is 655. The molecule has 0 fully saturated rings. The van der Waals surface area contributed by atoms with Crippen molar-refractivity contribution in [2.24, 2.45) is 5.92 Å². The van der Waals surface area contributed by atoms with Crippen molar-refractivity contribution in [2.75, 3.05) is 32.8 Å². The molecule has 1 amide bonds. The van der Waals surface area contributed by atoms with Gasteiger partial charge in [0.15, 0.2) is 11.5 Å². The SMILES string of the molecule is COc1ccc(C(CNC(=O)CCS(C)(=O)=O)C(C)C)cc1OC. The van der Waals surface area contributed by atoms with E-state index in [0.29, 0.717) is 24.0 Å². The highest BCUT2D eigenvalue weighted by molar-refractivity contribution is 7.90. The quantitative estimate of drug-likeness (QED) is 0.731. The monoisotopic (exact) mass is 357 g/mol. The van der Waals surface area contributed by atoms with Crippen molar-refractivity contribution in [3.63, 3.8) is 0 Å². The Balaban J connectivity index is 2.79. The predicted molar refractivity (Wildman–Crippen MR) is 94.5 cm³/mol. The maximum absolute atomic E-state index is 11.9. The summed E-state index contributed by atoms with van der Waals surface area (Å²) in [4.78, 5) is 11.9. The van der Waals surface area contributed by atoms with E-state index in [1.807, 2.05) is 18.2 Å². The second kappa shape index (κ2) is 8.92. The summed E-state index contributed by atoms with van der Waals surface area (Å²) in [5, 5.41) is 2.83. The van der Waals surface area contributed by atoms with Crippen molar-refractivity contribution >= 4 is 15.7 Å². The summed E-state index contributed by atoms with van der Waals surface area (Å²) in [6.07, 6.45) is 1.11. The highest BCUT2D eigenvalue weighted by Crippen LogP contribution is 2.33. The molecule has 6 nitrogen and oxygen atoms in total. The van der Waals surface area contributed by atoms with Crippen LogP contribution in [-0.4, -0.2) is 47.1 Å². The predicted octanol–water partition coefficient (Wildman–Crippen LogP) is 1.99. The molecule has 136 valence electrons. The molecule has 1 N–H and O–H groups in total. The second-order valence-electron chi connectivity index (χ2n) is 6.15. The van der Waals surface area contributed by atoms with Crippen LogP contribution in [0.5, 0.6) is 11.5 Å². The van der Waals surface area contributed by atoms with Gasteiger partial charge >= 0.3 is 0 Å². The summed E-state index contributed by atoms with van der Waals surface area (Å²) < 4.78 is 32.8. The van der Waals surface area contributed by atoms with Gasteiger partial charge in [0, 0.05) is 25.1 Å². The molecule has 0 bridgehead atoms. The number of nitrogens with one attached hydrogen (secondary N) is 1. The Kier molecular flexibility index (Phi) is 7.54. The molecule has 0 radical (unpaired) electrons. The Morgan fingerprint density at radius 1 is 1.17 bits per heavy atom. The number of sulfone groups is 1. The third-order valence-corrected chi connectivity index (χ3v) is 4.81. The first-order valence-electron chi connectivity index (χ1n) is 7.84. The van der Waals surface area contributed by atoms with Crippen LogP contribution in [0.3, 0.4) is 0 Å². The number of carbonyl (C=O) groups excluding carboxylic acids is 1. The molecule has 0 heterocycles. The topological polar surface area (TPSA) is 81.7 Å². The second-order valence-corrected chi connectivity index (χ2v) is 8.41. The van der Waals surface area contributed by atoms with Crippen LogP contribution in [0.15, 0.2) is 18.2 Å². The molecule has 1 aromatic carbocycles. The van der Waals surface area contributed by atoms with E-state index in [2.05, 4.69) is 19.2 Å². The fraction of sp³-hybridized carbons (Fsp3) is 0.588. The highest BCUT2D eigenvalue weighted by atomic mass is 32.2.